The first-order chi connectivity index (χ1) is 11.0. The molecule has 0 saturated carbocycles. The predicted molar refractivity (Wildman–Crippen MR) is 84.8 cm³/mol. The zero-order valence-corrected chi connectivity index (χ0v) is 13.3. The third kappa shape index (κ3) is 3.29. The molecule has 0 aliphatic carbocycles. The van der Waals surface area contributed by atoms with Crippen molar-refractivity contribution >= 4 is 10.0 Å². The molecule has 1 N–H and O–H groups in total. The molecule has 2 aromatic rings. The van der Waals surface area contributed by atoms with Gasteiger partial charge in [-0.15, -0.1) is 0 Å². The summed E-state index contributed by atoms with van der Waals surface area (Å²) in [7, 11) is -3.83. The molecule has 0 spiro atoms. The van der Waals surface area contributed by atoms with Crippen LogP contribution in [0.15, 0.2) is 59.5 Å². The van der Waals surface area contributed by atoms with E-state index >= 15 is 0 Å². The van der Waals surface area contributed by atoms with Crippen molar-refractivity contribution < 1.29 is 17.9 Å². The van der Waals surface area contributed by atoms with Crippen molar-refractivity contribution in [3.63, 3.8) is 0 Å². The molecule has 122 valence electrons. The monoisotopic (exact) mass is 335 g/mol. The summed E-state index contributed by atoms with van der Waals surface area (Å²) in [5, 5.41) is 10.2. The Morgan fingerprint density at radius 1 is 1.13 bits per heavy atom. The molecule has 1 aliphatic heterocycles. The molecule has 3 rings (SSSR count). The minimum atomic E-state index is -3.83. The van der Waals surface area contributed by atoms with E-state index in [2.05, 4.69) is 0 Å². The number of halogens is 1. The maximum Gasteiger partial charge on any atom is 0.243 e. The fourth-order valence-corrected chi connectivity index (χ4v) is 4.66. The number of benzene rings is 2. The van der Waals surface area contributed by atoms with Crippen molar-refractivity contribution in [2.75, 3.05) is 6.54 Å². The summed E-state index contributed by atoms with van der Waals surface area (Å²) < 4.78 is 40.2. The molecule has 0 bridgehead atoms. The Morgan fingerprint density at radius 2 is 1.87 bits per heavy atom. The van der Waals surface area contributed by atoms with Gasteiger partial charge in [0.2, 0.25) is 10.0 Å². The van der Waals surface area contributed by atoms with Crippen LogP contribution >= 0.6 is 0 Å². The number of hydrogen-bond acceptors (Lipinski definition) is 3. The van der Waals surface area contributed by atoms with Crippen molar-refractivity contribution in [2.24, 2.45) is 0 Å². The molecule has 1 fully saturated rings. The lowest BCUT2D eigenvalue weighted by atomic mass is 10.0. The SMILES string of the molecule is O=S(=O)(c1cccc(F)c1)N1CC[C@H](O)[C@@H]1Cc1ccccc1. The van der Waals surface area contributed by atoms with Crippen LogP contribution in [0, 0.1) is 5.82 Å². The summed E-state index contributed by atoms with van der Waals surface area (Å²) in [6.45, 7) is 0.234. The molecule has 0 aromatic heterocycles. The molecule has 1 heterocycles. The Bertz CT molecular complexity index is 779. The van der Waals surface area contributed by atoms with Crippen LogP contribution in [0.2, 0.25) is 0 Å². The normalized spacial score (nSPS) is 22.3. The van der Waals surface area contributed by atoms with Crippen LogP contribution in [0.1, 0.15) is 12.0 Å². The van der Waals surface area contributed by atoms with Gasteiger partial charge in [0.15, 0.2) is 0 Å². The van der Waals surface area contributed by atoms with E-state index in [1.54, 1.807) is 0 Å². The molecule has 4 nitrogen and oxygen atoms in total. The molecule has 23 heavy (non-hydrogen) atoms. The molecule has 0 unspecified atom stereocenters. The Hall–Kier alpha value is -1.76. The quantitative estimate of drug-likeness (QED) is 0.932. The Kier molecular flexibility index (Phi) is 4.48. The van der Waals surface area contributed by atoms with Gasteiger partial charge in [-0.05, 0) is 36.6 Å². The number of aliphatic hydroxyl groups excluding tert-OH is 1. The van der Waals surface area contributed by atoms with Crippen LogP contribution in [0.4, 0.5) is 4.39 Å². The van der Waals surface area contributed by atoms with Crippen LogP contribution in [-0.2, 0) is 16.4 Å². The highest BCUT2D eigenvalue weighted by Gasteiger charge is 2.40. The molecule has 0 amide bonds. The van der Waals surface area contributed by atoms with Gasteiger partial charge in [0.1, 0.15) is 5.82 Å². The summed E-state index contributed by atoms with van der Waals surface area (Å²) in [6, 6.07) is 13.9. The third-order valence-electron chi connectivity index (χ3n) is 4.15. The minimum Gasteiger partial charge on any atom is -0.391 e. The average molecular weight is 335 g/mol. The maximum atomic E-state index is 13.4. The molecule has 1 saturated heterocycles. The van der Waals surface area contributed by atoms with Crippen LogP contribution in [0.3, 0.4) is 0 Å². The molecule has 1 aliphatic rings. The van der Waals surface area contributed by atoms with Gasteiger partial charge in [-0.2, -0.15) is 4.31 Å². The highest BCUT2D eigenvalue weighted by Crippen LogP contribution is 2.28. The third-order valence-corrected chi connectivity index (χ3v) is 6.07. The van der Waals surface area contributed by atoms with E-state index < -0.39 is 28.0 Å². The molecule has 6 heteroatoms. The smallest absolute Gasteiger partial charge is 0.243 e. The van der Waals surface area contributed by atoms with Crippen LogP contribution < -0.4 is 0 Å². The molecule has 2 atom stereocenters. The van der Waals surface area contributed by atoms with Crippen LogP contribution in [0.5, 0.6) is 0 Å². The zero-order chi connectivity index (χ0) is 16.4. The van der Waals surface area contributed by atoms with Gasteiger partial charge in [0, 0.05) is 6.54 Å². The topological polar surface area (TPSA) is 57.6 Å². The zero-order valence-electron chi connectivity index (χ0n) is 12.5. The summed E-state index contributed by atoms with van der Waals surface area (Å²) >= 11 is 0. The van der Waals surface area contributed by atoms with Gasteiger partial charge in [0.05, 0.1) is 17.0 Å². The second kappa shape index (κ2) is 6.39. The van der Waals surface area contributed by atoms with E-state index in [0.717, 1.165) is 11.6 Å². The van der Waals surface area contributed by atoms with Gasteiger partial charge in [0.25, 0.3) is 0 Å². The first-order valence-corrected chi connectivity index (χ1v) is 8.92. The van der Waals surface area contributed by atoms with Gasteiger partial charge in [-0.25, -0.2) is 12.8 Å². The van der Waals surface area contributed by atoms with Crippen molar-refractivity contribution in [2.45, 2.75) is 29.9 Å². The van der Waals surface area contributed by atoms with E-state index in [-0.39, 0.29) is 11.4 Å². The number of rotatable bonds is 4. The first-order valence-electron chi connectivity index (χ1n) is 7.48. The summed E-state index contributed by atoms with van der Waals surface area (Å²) in [6.07, 6.45) is 0.0846. The number of nitrogens with zero attached hydrogens (tertiary/aromatic N) is 1. The van der Waals surface area contributed by atoms with E-state index in [1.807, 2.05) is 30.3 Å². The molecular weight excluding hydrogens is 317 g/mol. The van der Waals surface area contributed by atoms with E-state index in [9.17, 15) is 17.9 Å². The predicted octanol–water partition coefficient (Wildman–Crippen LogP) is 2.19. The lowest BCUT2D eigenvalue weighted by Crippen LogP contribution is -2.41. The van der Waals surface area contributed by atoms with Gasteiger partial charge < -0.3 is 5.11 Å². The minimum absolute atomic E-state index is 0.0790. The highest BCUT2D eigenvalue weighted by molar-refractivity contribution is 7.89. The average Bonchev–Trinajstić information content (AvgIpc) is 2.90. The summed E-state index contributed by atoms with van der Waals surface area (Å²) in [5.41, 5.74) is 0.956. The standard InChI is InChI=1S/C17H18FNO3S/c18-14-7-4-8-15(12-14)23(21,22)19-10-9-17(20)16(19)11-13-5-2-1-3-6-13/h1-8,12,16-17,20H,9-11H2/t16-,17-/m0/s1. The summed E-state index contributed by atoms with van der Waals surface area (Å²) in [5.74, 6) is -0.592. The largest absolute Gasteiger partial charge is 0.391 e. The fourth-order valence-electron chi connectivity index (χ4n) is 2.96. The second-order valence-corrected chi connectivity index (χ2v) is 7.58. The lowest BCUT2D eigenvalue weighted by Gasteiger charge is -2.26. The van der Waals surface area contributed by atoms with Gasteiger partial charge in [-0.3, -0.25) is 0 Å². The Morgan fingerprint density at radius 3 is 2.57 bits per heavy atom. The first kappa shape index (κ1) is 16.1. The van der Waals surface area contributed by atoms with Crippen LogP contribution in [-0.4, -0.2) is 36.5 Å². The van der Waals surface area contributed by atoms with Crippen molar-refractivity contribution in [1.82, 2.24) is 4.31 Å². The highest BCUT2D eigenvalue weighted by atomic mass is 32.2. The number of sulfonamides is 1. The van der Waals surface area contributed by atoms with E-state index in [0.29, 0.717) is 12.8 Å². The molecule has 0 radical (unpaired) electrons. The second-order valence-electron chi connectivity index (χ2n) is 5.69. The Labute approximate surface area is 135 Å². The van der Waals surface area contributed by atoms with Gasteiger partial charge >= 0.3 is 0 Å². The summed E-state index contributed by atoms with van der Waals surface area (Å²) in [4.78, 5) is -0.0790. The van der Waals surface area contributed by atoms with E-state index in [1.165, 1.54) is 22.5 Å². The lowest BCUT2D eigenvalue weighted by molar-refractivity contribution is 0.142. The van der Waals surface area contributed by atoms with Crippen molar-refractivity contribution in [1.29, 1.82) is 0 Å². The van der Waals surface area contributed by atoms with Crippen LogP contribution in [0.25, 0.3) is 0 Å². The van der Waals surface area contributed by atoms with Gasteiger partial charge in [-0.1, -0.05) is 36.4 Å². The molecular formula is C17H18FNO3S. The Balaban J connectivity index is 1.91. The number of aliphatic hydroxyl groups is 1. The fraction of sp³-hybridized carbons (Fsp3) is 0.294. The van der Waals surface area contributed by atoms with Crippen molar-refractivity contribution in [3.8, 4) is 0 Å². The maximum absolute atomic E-state index is 13.4. The molecule has 2 aromatic carbocycles. The van der Waals surface area contributed by atoms with E-state index in [4.69, 9.17) is 0 Å². The number of hydrogen-bond donors (Lipinski definition) is 1. The van der Waals surface area contributed by atoms with Crippen molar-refractivity contribution in [3.05, 3.63) is 66.0 Å².